The summed E-state index contributed by atoms with van der Waals surface area (Å²) in [6, 6.07) is 31.6. The van der Waals surface area contributed by atoms with Crippen LogP contribution >= 0.6 is 0 Å². The van der Waals surface area contributed by atoms with Gasteiger partial charge in [0.05, 0.1) is 45.8 Å². The number of oxime groups is 1. The van der Waals surface area contributed by atoms with Gasteiger partial charge in [-0.05, 0) is 85.3 Å². The van der Waals surface area contributed by atoms with Gasteiger partial charge in [-0.1, -0.05) is 53.7 Å². The maximum absolute atomic E-state index is 11.7. The van der Waals surface area contributed by atoms with Crippen LogP contribution < -0.4 is 9.47 Å². The molecule has 2 N–H and O–H groups in total. The van der Waals surface area contributed by atoms with Crippen LogP contribution in [0.5, 0.6) is 11.5 Å². The number of carboxylic acid groups (broad SMARTS) is 1. The molecule has 10 nitrogen and oxygen atoms in total. The highest BCUT2D eigenvalue weighted by molar-refractivity contribution is 6.36. The number of para-hydroxylation sites is 4. The third kappa shape index (κ3) is 6.37. The van der Waals surface area contributed by atoms with E-state index in [1.807, 2.05) is 72.8 Å². The molecule has 4 aromatic carbocycles. The molecule has 0 atom stereocenters. The van der Waals surface area contributed by atoms with Crippen molar-refractivity contribution < 1.29 is 24.6 Å². The summed E-state index contributed by atoms with van der Waals surface area (Å²) in [5, 5.41) is 22.1. The highest BCUT2D eigenvalue weighted by Gasteiger charge is 2.41. The smallest absolute Gasteiger partial charge is 0.353 e. The minimum absolute atomic E-state index is 0.190. The highest BCUT2D eigenvalue weighted by Crippen LogP contribution is 2.47. The second-order valence-electron chi connectivity index (χ2n) is 12.0. The molecule has 2 aromatic heterocycles. The fourth-order valence-electron chi connectivity index (χ4n) is 6.61. The van der Waals surface area contributed by atoms with Crippen molar-refractivity contribution in [2.45, 2.75) is 44.3 Å². The van der Waals surface area contributed by atoms with E-state index in [4.69, 9.17) is 9.47 Å². The van der Waals surface area contributed by atoms with E-state index in [1.54, 1.807) is 12.4 Å². The van der Waals surface area contributed by atoms with Gasteiger partial charge < -0.3 is 19.8 Å². The molecule has 48 heavy (non-hydrogen) atoms. The molecule has 0 saturated heterocycles. The Bertz CT molecular complexity index is 1960. The Morgan fingerprint density at radius 3 is 1.54 bits per heavy atom. The van der Waals surface area contributed by atoms with E-state index in [0.29, 0.717) is 37.2 Å². The molecular weight excluding hydrogens is 606 g/mol. The van der Waals surface area contributed by atoms with Crippen LogP contribution in [-0.4, -0.2) is 41.9 Å². The SMILES string of the molecule is O=C(O)C(=NO)C1CCC(c2ccc(OCc3cnc4ccccc4n3)cc2)(c2ccc(OCc3cnc4ccccc4n3)cc2)CC1. The van der Waals surface area contributed by atoms with E-state index < -0.39 is 5.97 Å². The molecular formula is C38H33N5O5. The predicted molar refractivity (Wildman–Crippen MR) is 180 cm³/mol. The van der Waals surface area contributed by atoms with Crippen molar-refractivity contribution in [3.63, 3.8) is 0 Å². The normalized spacial score (nSPS) is 15.0. The van der Waals surface area contributed by atoms with E-state index in [2.05, 4.69) is 49.4 Å². The third-order valence-electron chi connectivity index (χ3n) is 9.14. The topological polar surface area (TPSA) is 140 Å². The summed E-state index contributed by atoms with van der Waals surface area (Å²) in [7, 11) is 0. The number of nitrogens with zero attached hydrogens (tertiary/aromatic N) is 5. The number of carbonyl (C=O) groups is 1. The zero-order chi connectivity index (χ0) is 32.9. The van der Waals surface area contributed by atoms with Crippen molar-refractivity contribution >= 4 is 33.7 Å². The molecule has 0 amide bonds. The molecule has 1 aliphatic rings. The van der Waals surface area contributed by atoms with Crippen molar-refractivity contribution in [2.75, 3.05) is 0 Å². The Balaban J connectivity index is 1.09. The summed E-state index contributed by atoms with van der Waals surface area (Å²) < 4.78 is 12.2. The fraction of sp³-hybridized carbons (Fsp3) is 0.211. The number of ether oxygens (including phenoxy) is 2. The molecule has 7 rings (SSSR count). The van der Waals surface area contributed by atoms with Crippen LogP contribution in [0.4, 0.5) is 0 Å². The quantitative estimate of drug-likeness (QED) is 0.0911. The van der Waals surface area contributed by atoms with Crippen LogP contribution in [0.25, 0.3) is 22.1 Å². The molecule has 6 aromatic rings. The van der Waals surface area contributed by atoms with Gasteiger partial charge in [-0.3, -0.25) is 9.97 Å². The molecule has 0 unspecified atom stereocenters. The summed E-state index contributed by atoms with van der Waals surface area (Å²) in [6.45, 7) is 0.573. The molecule has 10 heteroatoms. The molecule has 0 bridgehead atoms. The Morgan fingerprint density at radius 1 is 0.688 bits per heavy atom. The maximum Gasteiger partial charge on any atom is 0.353 e. The number of aliphatic carboxylic acids is 1. The van der Waals surface area contributed by atoms with Gasteiger partial charge in [-0.2, -0.15) is 0 Å². The monoisotopic (exact) mass is 639 g/mol. The third-order valence-corrected chi connectivity index (χ3v) is 9.14. The van der Waals surface area contributed by atoms with Crippen molar-refractivity contribution in [1.29, 1.82) is 0 Å². The second kappa shape index (κ2) is 13.4. The number of rotatable bonds is 10. The van der Waals surface area contributed by atoms with Crippen molar-refractivity contribution in [1.82, 2.24) is 19.9 Å². The van der Waals surface area contributed by atoms with Gasteiger partial charge in [-0.15, -0.1) is 0 Å². The lowest BCUT2D eigenvalue weighted by Crippen LogP contribution is -2.37. The number of hydrogen-bond acceptors (Lipinski definition) is 9. The number of carboxylic acids is 1. The van der Waals surface area contributed by atoms with Crippen LogP contribution in [0.2, 0.25) is 0 Å². The Labute approximate surface area is 276 Å². The fourth-order valence-corrected chi connectivity index (χ4v) is 6.61. The first kappa shape index (κ1) is 30.7. The maximum atomic E-state index is 11.7. The van der Waals surface area contributed by atoms with Crippen LogP contribution in [-0.2, 0) is 23.4 Å². The van der Waals surface area contributed by atoms with Crippen LogP contribution in [0.3, 0.4) is 0 Å². The Morgan fingerprint density at radius 2 is 1.12 bits per heavy atom. The molecule has 1 fully saturated rings. The predicted octanol–water partition coefficient (Wildman–Crippen LogP) is 7.12. The first-order valence-corrected chi connectivity index (χ1v) is 15.8. The van der Waals surface area contributed by atoms with Crippen molar-refractivity contribution in [2.24, 2.45) is 11.1 Å². The molecule has 1 saturated carbocycles. The molecule has 0 spiro atoms. The van der Waals surface area contributed by atoms with Gasteiger partial charge in [0.25, 0.3) is 0 Å². The summed E-state index contributed by atoms with van der Waals surface area (Å²) >= 11 is 0. The van der Waals surface area contributed by atoms with E-state index in [9.17, 15) is 15.1 Å². The number of benzene rings is 4. The molecule has 240 valence electrons. The molecule has 0 radical (unpaired) electrons. The largest absolute Gasteiger partial charge is 0.487 e. The molecule has 1 aliphatic carbocycles. The van der Waals surface area contributed by atoms with Crippen LogP contribution in [0.15, 0.2) is 115 Å². The molecule has 0 aliphatic heterocycles. The number of fused-ring (bicyclic) bond motifs is 2. The first-order chi connectivity index (χ1) is 23.5. The lowest BCUT2D eigenvalue weighted by molar-refractivity contribution is -0.129. The zero-order valence-corrected chi connectivity index (χ0v) is 26.1. The standard InChI is InChI=1S/C38H33N5O5/c44-37(45)36(43-46)25-17-19-38(20-18-25,26-9-13-30(14-10-26)47-23-28-21-39-32-5-1-3-7-34(32)41-28)27-11-15-31(16-12-27)48-24-29-22-40-33-6-2-4-8-35(33)42-29/h1-16,21-22,25,46H,17-20,23-24H2,(H,44,45). The van der Waals surface area contributed by atoms with Gasteiger partial charge in [0.2, 0.25) is 0 Å². The highest BCUT2D eigenvalue weighted by atomic mass is 16.5. The first-order valence-electron chi connectivity index (χ1n) is 15.8. The van der Waals surface area contributed by atoms with E-state index >= 15 is 0 Å². The summed E-state index contributed by atoms with van der Waals surface area (Å²) in [4.78, 5) is 30.0. The summed E-state index contributed by atoms with van der Waals surface area (Å²) in [6.07, 6.45) is 5.92. The van der Waals surface area contributed by atoms with Gasteiger partial charge in [0.15, 0.2) is 5.71 Å². The zero-order valence-electron chi connectivity index (χ0n) is 26.1. The van der Waals surface area contributed by atoms with Crippen LogP contribution in [0, 0.1) is 5.92 Å². The summed E-state index contributed by atoms with van der Waals surface area (Å²) in [5.41, 5.74) is 6.41. The van der Waals surface area contributed by atoms with Gasteiger partial charge in [0, 0.05) is 11.3 Å². The lowest BCUT2D eigenvalue weighted by Gasteiger charge is -2.41. The number of aromatic nitrogens is 4. The van der Waals surface area contributed by atoms with E-state index in [0.717, 1.165) is 44.6 Å². The number of hydrogen-bond donors (Lipinski definition) is 2. The Hall–Kier alpha value is -5.90. The Kier molecular flexibility index (Phi) is 8.61. The van der Waals surface area contributed by atoms with Crippen LogP contribution in [0.1, 0.15) is 48.2 Å². The summed E-state index contributed by atoms with van der Waals surface area (Å²) in [5.74, 6) is -0.112. The van der Waals surface area contributed by atoms with E-state index in [-0.39, 0.29) is 30.3 Å². The van der Waals surface area contributed by atoms with Crippen molar-refractivity contribution in [3.8, 4) is 11.5 Å². The van der Waals surface area contributed by atoms with Gasteiger partial charge in [-0.25, -0.2) is 14.8 Å². The van der Waals surface area contributed by atoms with Gasteiger partial charge in [0.1, 0.15) is 24.7 Å². The minimum atomic E-state index is -1.19. The second-order valence-corrected chi connectivity index (χ2v) is 12.0. The lowest BCUT2D eigenvalue weighted by atomic mass is 9.62. The van der Waals surface area contributed by atoms with E-state index in [1.165, 1.54) is 0 Å². The van der Waals surface area contributed by atoms with Gasteiger partial charge >= 0.3 is 5.97 Å². The minimum Gasteiger partial charge on any atom is -0.487 e. The average Bonchev–Trinajstić information content (AvgIpc) is 3.14. The van der Waals surface area contributed by atoms with Crippen molar-refractivity contribution in [3.05, 3.63) is 132 Å². The molecule has 2 heterocycles. The average molecular weight is 640 g/mol.